The standard InChI is InChI=1S/C14H18N2O/c1-9(2)16-13-7-10(3)5-6-12(13)15-11(4)8-14(16)17/h5-7,9H,8H2,1-4H3. The van der Waals surface area contributed by atoms with Crippen molar-refractivity contribution >= 4 is 23.0 Å². The van der Waals surface area contributed by atoms with Crippen LogP contribution in [0.1, 0.15) is 32.8 Å². The van der Waals surface area contributed by atoms with Crippen molar-refractivity contribution in [2.75, 3.05) is 4.90 Å². The third kappa shape index (κ3) is 2.23. The monoisotopic (exact) mass is 230 g/mol. The van der Waals surface area contributed by atoms with Crippen LogP contribution in [0.15, 0.2) is 23.2 Å². The lowest BCUT2D eigenvalue weighted by Crippen LogP contribution is -2.37. The van der Waals surface area contributed by atoms with Gasteiger partial charge in [0.05, 0.1) is 17.8 Å². The Labute approximate surface area is 102 Å². The minimum absolute atomic E-state index is 0.130. The molecule has 1 aromatic rings. The number of hydrogen-bond acceptors (Lipinski definition) is 2. The first-order valence-electron chi connectivity index (χ1n) is 5.96. The summed E-state index contributed by atoms with van der Waals surface area (Å²) in [6.45, 7) is 8.01. The van der Waals surface area contributed by atoms with E-state index in [-0.39, 0.29) is 11.9 Å². The van der Waals surface area contributed by atoms with E-state index in [0.717, 1.165) is 22.6 Å². The molecule has 3 heteroatoms. The van der Waals surface area contributed by atoms with Gasteiger partial charge in [0, 0.05) is 11.8 Å². The van der Waals surface area contributed by atoms with Gasteiger partial charge in [0.15, 0.2) is 0 Å². The molecule has 0 saturated heterocycles. The Hall–Kier alpha value is -1.64. The minimum atomic E-state index is 0.130. The van der Waals surface area contributed by atoms with Gasteiger partial charge in [-0.25, -0.2) is 0 Å². The number of anilines is 1. The first kappa shape index (κ1) is 11.8. The Morgan fingerprint density at radius 1 is 1.29 bits per heavy atom. The zero-order chi connectivity index (χ0) is 12.6. The van der Waals surface area contributed by atoms with Gasteiger partial charge in [-0.1, -0.05) is 6.07 Å². The Bertz CT molecular complexity index is 489. The van der Waals surface area contributed by atoms with E-state index in [9.17, 15) is 4.79 Å². The largest absolute Gasteiger partial charge is 0.307 e. The van der Waals surface area contributed by atoms with E-state index >= 15 is 0 Å². The lowest BCUT2D eigenvalue weighted by Gasteiger charge is -2.26. The average molecular weight is 230 g/mol. The summed E-state index contributed by atoms with van der Waals surface area (Å²) >= 11 is 0. The van der Waals surface area contributed by atoms with Crippen LogP contribution < -0.4 is 4.90 Å². The molecule has 1 aromatic carbocycles. The zero-order valence-electron chi connectivity index (χ0n) is 10.8. The van der Waals surface area contributed by atoms with Crippen LogP contribution in [0.25, 0.3) is 0 Å². The average Bonchev–Trinajstić information content (AvgIpc) is 2.32. The second-order valence-corrected chi connectivity index (χ2v) is 4.87. The minimum Gasteiger partial charge on any atom is -0.307 e. The van der Waals surface area contributed by atoms with Gasteiger partial charge in [0.2, 0.25) is 5.91 Å². The number of carbonyl (C=O) groups excluding carboxylic acids is 1. The van der Waals surface area contributed by atoms with Crippen molar-refractivity contribution in [3.63, 3.8) is 0 Å². The van der Waals surface area contributed by atoms with E-state index in [1.807, 2.05) is 50.8 Å². The van der Waals surface area contributed by atoms with Crippen LogP contribution in [0.2, 0.25) is 0 Å². The Balaban J connectivity index is 2.61. The van der Waals surface area contributed by atoms with Gasteiger partial charge in [-0.15, -0.1) is 0 Å². The van der Waals surface area contributed by atoms with Gasteiger partial charge in [0.25, 0.3) is 0 Å². The van der Waals surface area contributed by atoms with Crippen molar-refractivity contribution in [3.05, 3.63) is 23.8 Å². The van der Waals surface area contributed by atoms with Crippen LogP contribution in [-0.4, -0.2) is 17.7 Å². The summed E-state index contributed by atoms with van der Waals surface area (Å²) in [4.78, 5) is 18.6. The number of fused-ring (bicyclic) bond motifs is 1. The fraction of sp³-hybridized carbons (Fsp3) is 0.429. The van der Waals surface area contributed by atoms with Crippen molar-refractivity contribution in [1.82, 2.24) is 0 Å². The quantitative estimate of drug-likeness (QED) is 0.729. The van der Waals surface area contributed by atoms with Crippen LogP contribution in [-0.2, 0) is 4.79 Å². The highest BCUT2D eigenvalue weighted by Crippen LogP contribution is 2.34. The molecule has 1 amide bonds. The molecule has 1 aliphatic rings. The maximum Gasteiger partial charge on any atom is 0.232 e. The molecule has 0 fully saturated rings. The van der Waals surface area contributed by atoms with Gasteiger partial charge < -0.3 is 4.90 Å². The van der Waals surface area contributed by atoms with Crippen LogP contribution >= 0.6 is 0 Å². The Morgan fingerprint density at radius 2 is 2.00 bits per heavy atom. The van der Waals surface area contributed by atoms with Gasteiger partial charge in [0.1, 0.15) is 0 Å². The molecule has 0 atom stereocenters. The first-order valence-corrected chi connectivity index (χ1v) is 5.96. The fourth-order valence-electron chi connectivity index (χ4n) is 2.17. The molecule has 3 nitrogen and oxygen atoms in total. The topological polar surface area (TPSA) is 32.7 Å². The van der Waals surface area contributed by atoms with Crippen LogP contribution in [0.5, 0.6) is 0 Å². The van der Waals surface area contributed by atoms with E-state index in [2.05, 4.69) is 4.99 Å². The van der Waals surface area contributed by atoms with Gasteiger partial charge in [-0.2, -0.15) is 0 Å². The summed E-state index contributed by atoms with van der Waals surface area (Å²) in [5.41, 5.74) is 3.86. The second-order valence-electron chi connectivity index (χ2n) is 4.87. The molecule has 0 spiro atoms. The smallest absolute Gasteiger partial charge is 0.232 e. The van der Waals surface area contributed by atoms with Gasteiger partial charge >= 0.3 is 0 Å². The SMILES string of the molecule is CC1=Nc2ccc(C)cc2N(C(C)C)C(=O)C1. The van der Waals surface area contributed by atoms with Gasteiger partial charge in [-0.3, -0.25) is 9.79 Å². The summed E-state index contributed by atoms with van der Waals surface area (Å²) in [7, 11) is 0. The number of aliphatic imine (C=N–C) groups is 1. The summed E-state index contributed by atoms with van der Waals surface area (Å²) < 4.78 is 0. The molecule has 0 aromatic heterocycles. The predicted molar refractivity (Wildman–Crippen MR) is 71.2 cm³/mol. The lowest BCUT2D eigenvalue weighted by molar-refractivity contribution is -0.117. The normalized spacial score (nSPS) is 15.7. The maximum absolute atomic E-state index is 12.2. The van der Waals surface area contributed by atoms with Gasteiger partial charge in [-0.05, 0) is 45.4 Å². The third-order valence-electron chi connectivity index (χ3n) is 2.89. The van der Waals surface area contributed by atoms with Crippen molar-refractivity contribution in [2.45, 2.75) is 40.2 Å². The van der Waals surface area contributed by atoms with E-state index < -0.39 is 0 Å². The third-order valence-corrected chi connectivity index (χ3v) is 2.89. The Morgan fingerprint density at radius 3 is 2.65 bits per heavy atom. The van der Waals surface area contributed by atoms with E-state index in [1.165, 1.54) is 0 Å². The van der Waals surface area contributed by atoms with Crippen LogP contribution in [0.4, 0.5) is 11.4 Å². The molecular weight excluding hydrogens is 212 g/mol. The number of aryl methyl sites for hydroxylation is 1. The fourth-order valence-corrected chi connectivity index (χ4v) is 2.17. The molecule has 90 valence electrons. The highest BCUT2D eigenvalue weighted by molar-refractivity contribution is 6.11. The lowest BCUT2D eigenvalue weighted by atomic mass is 10.1. The van der Waals surface area contributed by atoms with Crippen LogP contribution in [0, 0.1) is 6.92 Å². The van der Waals surface area contributed by atoms with Crippen molar-refractivity contribution < 1.29 is 4.79 Å². The molecule has 0 radical (unpaired) electrons. The molecule has 0 unspecified atom stereocenters. The highest BCUT2D eigenvalue weighted by Gasteiger charge is 2.24. The number of carbonyl (C=O) groups is 1. The van der Waals surface area contributed by atoms with Crippen molar-refractivity contribution in [1.29, 1.82) is 0 Å². The zero-order valence-corrected chi connectivity index (χ0v) is 10.8. The summed E-state index contributed by atoms with van der Waals surface area (Å²) in [6.07, 6.45) is 0.409. The van der Waals surface area contributed by atoms with Crippen LogP contribution in [0.3, 0.4) is 0 Å². The first-order chi connectivity index (χ1) is 7.99. The molecule has 1 aliphatic heterocycles. The Kier molecular flexibility index (Phi) is 3.01. The van der Waals surface area contributed by atoms with Crippen molar-refractivity contribution in [3.8, 4) is 0 Å². The molecule has 17 heavy (non-hydrogen) atoms. The molecule has 0 bridgehead atoms. The molecule has 1 heterocycles. The number of amides is 1. The molecule has 0 saturated carbocycles. The highest BCUT2D eigenvalue weighted by atomic mass is 16.2. The molecule has 0 N–H and O–H groups in total. The number of rotatable bonds is 1. The predicted octanol–water partition coefficient (Wildman–Crippen LogP) is 3.23. The van der Waals surface area contributed by atoms with E-state index in [0.29, 0.717) is 6.42 Å². The summed E-state index contributed by atoms with van der Waals surface area (Å²) in [5.74, 6) is 0.130. The summed E-state index contributed by atoms with van der Waals surface area (Å²) in [6, 6.07) is 6.21. The molecule has 0 aliphatic carbocycles. The molecular formula is C14H18N2O. The second kappa shape index (κ2) is 4.32. The summed E-state index contributed by atoms with van der Waals surface area (Å²) in [5, 5.41) is 0. The number of benzene rings is 1. The number of nitrogens with zero attached hydrogens (tertiary/aromatic N) is 2. The number of hydrogen-bond donors (Lipinski definition) is 0. The molecule has 2 rings (SSSR count). The maximum atomic E-state index is 12.2. The van der Waals surface area contributed by atoms with E-state index in [4.69, 9.17) is 0 Å². The van der Waals surface area contributed by atoms with E-state index in [1.54, 1.807) is 0 Å². The van der Waals surface area contributed by atoms with Crippen molar-refractivity contribution in [2.24, 2.45) is 4.99 Å².